The number of β-amino-alcohol motifs (C(OH)–C–C–N with tert-alkyl or cyclic N) is 1. The zero-order chi connectivity index (χ0) is 23.2. The van der Waals surface area contributed by atoms with E-state index in [0.29, 0.717) is 12.4 Å². The van der Waals surface area contributed by atoms with E-state index in [1.54, 1.807) is 0 Å². The third kappa shape index (κ3) is 5.31. The molecule has 2 heterocycles. The fourth-order valence-electron chi connectivity index (χ4n) is 4.21. The Morgan fingerprint density at radius 3 is 2.55 bits per heavy atom. The summed E-state index contributed by atoms with van der Waals surface area (Å²) < 4.78 is 4.69. The molecule has 1 aliphatic heterocycles. The summed E-state index contributed by atoms with van der Waals surface area (Å²) in [6.45, 7) is 5.74. The molecule has 0 atom stereocenters. The molecule has 0 unspecified atom stereocenters. The first-order valence-corrected chi connectivity index (χ1v) is 11.5. The summed E-state index contributed by atoms with van der Waals surface area (Å²) in [5.41, 5.74) is 6.55. The molecule has 0 bridgehead atoms. The van der Waals surface area contributed by atoms with Crippen molar-refractivity contribution >= 4 is 5.84 Å². The number of hydrogen-bond donors (Lipinski definition) is 2. The van der Waals surface area contributed by atoms with E-state index < -0.39 is 5.76 Å². The number of unbranched alkanes of at least 4 members (excludes halogenated alkanes) is 1. The van der Waals surface area contributed by atoms with Crippen molar-refractivity contribution in [1.29, 1.82) is 0 Å². The average Bonchev–Trinajstić information content (AvgIpc) is 3.27. The van der Waals surface area contributed by atoms with Gasteiger partial charge >= 0.3 is 5.76 Å². The lowest BCUT2D eigenvalue weighted by Gasteiger charge is -2.30. The molecule has 172 valence electrons. The molecule has 0 aliphatic carbocycles. The second-order valence-electron chi connectivity index (χ2n) is 8.32. The van der Waals surface area contributed by atoms with Crippen molar-refractivity contribution in [3.8, 4) is 22.5 Å². The van der Waals surface area contributed by atoms with Gasteiger partial charge in [-0.05, 0) is 48.4 Å². The number of amidine groups is 1. The monoisotopic (exact) mass is 446 g/mol. The van der Waals surface area contributed by atoms with Crippen molar-refractivity contribution in [1.82, 2.24) is 15.0 Å². The number of rotatable bonds is 9. The van der Waals surface area contributed by atoms with Crippen LogP contribution >= 0.6 is 0 Å². The van der Waals surface area contributed by atoms with Crippen molar-refractivity contribution < 1.29 is 9.63 Å². The zero-order valence-corrected chi connectivity index (χ0v) is 19.2. The van der Waals surface area contributed by atoms with Gasteiger partial charge in [-0.15, -0.1) is 0 Å². The van der Waals surface area contributed by atoms with Gasteiger partial charge in [-0.2, -0.15) is 0 Å². The quantitative estimate of drug-likeness (QED) is 0.508. The smallest absolute Gasteiger partial charge is 0.395 e. The molecule has 33 heavy (non-hydrogen) atoms. The molecule has 3 aromatic rings. The van der Waals surface area contributed by atoms with Crippen LogP contribution < -0.4 is 5.76 Å². The van der Waals surface area contributed by atoms with Gasteiger partial charge in [0.1, 0.15) is 5.84 Å². The first-order valence-electron chi connectivity index (χ1n) is 11.5. The Bertz CT molecular complexity index is 1200. The Balaban J connectivity index is 1.59. The summed E-state index contributed by atoms with van der Waals surface area (Å²) in [6, 6.07) is 16.3. The van der Waals surface area contributed by atoms with E-state index in [2.05, 4.69) is 50.8 Å². The van der Waals surface area contributed by atoms with Crippen LogP contribution in [0.3, 0.4) is 0 Å². The molecule has 0 saturated heterocycles. The minimum Gasteiger partial charge on any atom is -0.395 e. The second kappa shape index (κ2) is 10.4. The van der Waals surface area contributed by atoms with E-state index in [9.17, 15) is 9.90 Å². The van der Waals surface area contributed by atoms with Crippen molar-refractivity contribution in [2.75, 3.05) is 19.7 Å². The van der Waals surface area contributed by atoms with E-state index in [1.807, 2.05) is 31.2 Å². The Morgan fingerprint density at radius 1 is 1.12 bits per heavy atom. The minimum absolute atomic E-state index is 0.120. The number of nitrogens with one attached hydrogen (secondary N) is 1. The summed E-state index contributed by atoms with van der Waals surface area (Å²) in [4.78, 5) is 21.1. The van der Waals surface area contributed by atoms with Gasteiger partial charge in [-0.1, -0.05) is 67.0 Å². The summed E-state index contributed by atoms with van der Waals surface area (Å²) in [7, 11) is 0. The number of aliphatic hydroxyl groups excluding tert-OH is 1. The number of hydrogen-bond acceptors (Lipinski definition) is 6. The SMILES string of the molecule is CCCCC1=C(Cc2ccc(-c3ccccc3-c3noc(=O)[nH]3)cc2)CN(CCO)C(C)=N1. The maximum absolute atomic E-state index is 11.4. The van der Waals surface area contributed by atoms with E-state index in [0.717, 1.165) is 54.8 Å². The highest BCUT2D eigenvalue weighted by atomic mass is 16.5. The fourth-order valence-corrected chi connectivity index (χ4v) is 4.21. The van der Waals surface area contributed by atoms with Crippen LogP contribution in [0.15, 0.2) is 74.1 Å². The summed E-state index contributed by atoms with van der Waals surface area (Å²) in [5, 5.41) is 13.3. The average molecular weight is 447 g/mol. The highest BCUT2D eigenvalue weighted by Gasteiger charge is 2.19. The Morgan fingerprint density at radius 2 is 1.88 bits per heavy atom. The van der Waals surface area contributed by atoms with Gasteiger partial charge in [-0.25, -0.2) is 9.79 Å². The number of benzene rings is 2. The Hall–Kier alpha value is -3.45. The molecule has 0 amide bonds. The molecular formula is C26H30N4O3. The van der Waals surface area contributed by atoms with Crippen LogP contribution in [0.2, 0.25) is 0 Å². The number of aliphatic hydroxyl groups is 1. The van der Waals surface area contributed by atoms with Crippen LogP contribution in [-0.4, -0.2) is 45.7 Å². The molecule has 0 spiro atoms. The Labute approximate surface area is 193 Å². The predicted octanol–water partition coefficient (Wildman–Crippen LogP) is 4.41. The lowest BCUT2D eigenvalue weighted by atomic mass is 9.95. The molecule has 0 fully saturated rings. The first-order chi connectivity index (χ1) is 16.1. The van der Waals surface area contributed by atoms with Crippen LogP contribution in [0.5, 0.6) is 0 Å². The predicted molar refractivity (Wildman–Crippen MR) is 130 cm³/mol. The molecule has 1 aliphatic rings. The number of aliphatic imine (C=N–C) groups is 1. The lowest BCUT2D eigenvalue weighted by molar-refractivity contribution is 0.252. The van der Waals surface area contributed by atoms with Crippen LogP contribution in [0, 0.1) is 0 Å². The zero-order valence-electron chi connectivity index (χ0n) is 19.2. The molecule has 4 rings (SSSR count). The Kier molecular flexibility index (Phi) is 7.19. The van der Waals surface area contributed by atoms with Crippen molar-refractivity contribution in [2.24, 2.45) is 4.99 Å². The summed E-state index contributed by atoms with van der Waals surface area (Å²) >= 11 is 0. The largest absolute Gasteiger partial charge is 0.439 e. The van der Waals surface area contributed by atoms with Crippen LogP contribution in [0.1, 0.15) is 38.7 Å². The van der Waals surface area contributed by atoms with Gasteiger partial charge < -0.3 is 10.0 Å². The molecule has 2 aromatic carbocycles. The van der Waals surface area contributed by atoms with Crippen molar-refractivity contribution in [3.63, 3.8) is 0 Å². The molecule has 0 radical (unpaired) electrons. The number of nitrogens with zero attached hydrogens (tertiary/aromatic N) is 3. The highest BCUT2D eigenvalue weighted by molar-refractivity contribution is 5.82. The van der Waals surface area contributed by atoms with Crippen LogP contribution in [0.4, 0.5) is 0 Å². The number of aromatic nitrogens is 2. The van der Waals surface area contributed by atoms with Gasteiger partial charge in [0, 0.05) is 24.4 Å². The van der Waals surface area contributed by atoms with E-state index >= 15 is 0 Å². The minimum atomic E-state index is -0.567. The number of aromatic amines is 1. The maximum Gasteiger partial charge on any atom is 0.439 e. The van der Waals surface area contributed by atoms with E-state index in [1.165, 1.54) is 16.8 Å². The van der Waals surface area contributed by atoms with E-state index in [-0.39, 0.29) is 6.61 Å². The molecule has 0 saturated carbocycles. The fraction of sp³-hybridized carbons (Fsp3) is 0.346. The molecular weight excluding hydrogens is 416 g/mol. The van der Waals surface area contributed by atoms with E-state index in [4.69, 9.17) is 4.99 Å². The molecule has 7 nitrogen and oxygen atoms in total. The maximum atomic E-state index is 11.4. The van der Waals surface area contributed by atoms with Gasteiger partial charge in [0.2, 0.25) is 0 Å². The lowest BCUT2D eigenvalue weighted by Crippen LogP contribution is -2.36. The van der Waals surface area contributed by atoms with Crippen LogP contribution in [-0.2, 0) is 6.42 Å². The normalized spacial score (nSPS) is 14.0. The van der Waals surface area contributed by atoms with Gasteiger partial charge in [-0.3, -0.25) is 9.51 Å². The third-order valence-electron chi connectivity index (χ3n) is 5.99. The molecule has 1 aromatic heterocycles. The second-order valence-corrected chi connectivity index (χ2v) is 8.32. The topological polar surface area (TPSA) is 94.7 Å². The van der Waals surface area contributed by atoms with Crippen molar-refractivity contribution in [2.45, 2.75) is 39.5 Å². The number of H-pyrrole nitrogens is 1. The molecule has 2 N–H and O–H groups in total. The van der Waals surface area contributed by atoms with Gasteiger partial charge in [0.25, 0.3) is 0 Å². The third-order valence-corrected chi connectivity index (χ3v) is 5.99. The van der Waals surface area contributed by atoms with Gasteiger partial charge in [0.05, 0.1) is 6.61 Å². The summed E-state index contributed by atoms with van der Waals surface area (Å²) in [5.74, 6) is 0.837. The highest BCUT2D eigenvalue weighted by Crippen LogP contribution is 2.31. The number of allylic oxidation sites excluding steroid dienone is 1. The van der Waals surface area contributed by atoms with Crippen molar-refractivity contribution in [3.05, 3.63) is 75.9 Å². The van der Waals surface area contributed by atoms with Crippen LogP contribution in [0.25, 0.3) is 22.5 Å². The molecule has 7 heteroatoms. The summed E-state index contributed by atoms with van der Waals surface area (Å²) in [6.07, 6.45) is 4.07. The standard InChI is InChI=1S/C26H30N4O3/c1-3-4-9-24-21(17-30(14-15-31)18(2)27-24)16-19-10-12-20(13-11-19)22-7-5-6-8-23(22)25-28-26(32)33-29-25/h5-8,10-13,31H,3-4,9,14-17H2,1-2H3,(H,28,29,32). The van der Waals surface area contributed by atoms with Gasteiger partial charge in [0.15, 0.2) is 5.82 Å². The first kappa shape index (κ1) is 22.7.